The number of hydrogen-bond donors (Lipinski definition) is 0. The fourth-order valence-corrected chi connectivity index (χ4v) is 15.5. The molecule has 3 heterocycles. The minimum absolute atomic E-state index is 0.192. The third-order valence-corrected chi connectivity index (χ3v) is 15.9. The van der Waals surface area contributed by atoms with Crippen LogP contribution in [-0.4, -0.2) is 23.6 Å². The molecule has 2 nitrogen and oxygen atoms in total. The lowest BCUT2D eigenvalue weighted by molar-refractivity contribution is 0.409. The van der Waals surface area contributed by atoms with Crippen molar-refractivity contribution in [3.8, 4) is 0 Å². The number of hydrogen-bond acceptors (Lipinski definition) is 2. The summed E-state index contributed by atoms with van der Waals surface area (Å²) in [5.74, 6) is -0.403. The Morgan fingerprint density at radius 3 is 1.90 bits per heavy atom. The first kappa shape index (κ1) is 20.8. The van der Waals surface area contributed by atoms with Crippen LogP contribution in [0, 0.1) is 11.8 Å². The Kier molecular flexibility index (Phi) is 5.03. The first-order valence-corrected chi connectivity index (χ1v) is 15.0. The van der Waals surface area contributed by atoms with Crippen molar-refractivity contribution in [3.63, 3.8) is 0 Å². The van der Waals surface area contributed by atoms with E-state index in [1.54, 1.807) is 0 Å². The van der Waals surface area contributed by atoms with E-state index in [9.17, 15) is 9.13 Å². The van der Waals surface area contributed by atoms with Gasteiger partial charge in [-0.25, -0.2) is 0 Å². The lowest BCUT2D eigenvalue weighted by Crippen LogP contribution is -2.53. The maximum Gasteiger partial charge on any atom is 0.123 e. The van der Waals surface area contributed by atoms with Gasteiger partial charge in [-0.2, -0.15) is 0 Å². The first-order valence-electron chi connectivity index (χ1n) is 10.3. The van der Waals surface area contributed by atoms with Crippen molar-refractivity contribution in [2.24, 2.45) is 11.8 Å². The number of fused-ring (bicyclic) bond motifs is 1. The molecular weight excluding hydrogens is 453 g/mol. The quantitative estimate of drug-likeness (QED) is 0.470. The van der Waals surface area contributed by atoms with Gasteiger partial charge in [0.25, 0.3) is 0 Å². The highest BCUT2D eigenvalue weighted by Crippen LogP contribution is 2.75. The average molecular weight is 477 g/mol. The SMILES string of the molecule is CC1=C(Cl)[C@H]2[C@H]([C@@H]3CP(=O)(c4ccccc4)[C@H]2C(C)=C3Cl)P(=O)(c2ccccc2)C1. The summed E-state index contributed by atoms with van der Waals surface area (Å²) in [6, 6.07) is 19.5. The van der Waals surface area contributed by atoms with Gasteiger partial charge in [-0.15, -0.1) is 0 Å². The Labute approximate surface area is 188 Å². The first-order chi connectivity index (χ1) is 14.3. The van der Waals surface area contributed by atoms with Crippen molar-refractivity contribution in [3.05, 3.63) is 81.9 Å². The molecule has 2 aromatic carbocycles. The fourth-order valence-electron chi connectivity index (χ4n) is 6.00. The molecule has 2 aromatic rings. The van der Waals surface area contributed by atoms with E-state index in [1.165, 1.54) is 0 Å². The highest BCUT2D eigenvalue weighted by Gasteiger charge is 2.63. The van der Waals surface area contributed by atoms with Crippen LogP contribution in [0.1, 0.15) is 13.8 Å². The second-order valence-corrected chi connectivity index (χ2v) is 15.7. The van der Waals surface area contributed by atoms with E-state index in [-0.39, 0.29) is 23.2 Å². The van der Waals surface area contributed by atoms with Crippen molar-refractivity contribution in [1.29, 1.82) is 0 Å². The minimum atomic E-state index is -2.83. The van der Waals surface area contributed by atoms with Gasteiger partial charge in [0.1, 0.15) is 14.3 Å². The van der Waals surface area contributed by atoms with Gasteiger partial charge in [0, 0.05) is 56.2 Å². The van der Waals surface area contributed by atoms with Gasteiger partial charge in [0.2, 0.25) is 0 Å². The number of allylic oxidation sites excluding steroid dienone is 4. The van der Waals surface area contributed by atoms with Crippen LogP contribution in [0.15, 0.2) is 81.9 Å². The Morgan fingerprint density at radius 1 is 0.800 bits per heavy atom. The maximum absolute atomic E-state index is 14.7. The van der Waals surface area contributed by atoms with Gasteiger partial charge in [-0.1, -0.05) is 89.4 Å². The molecule has 1 aliphatic carbocycles. The van der Waals surface area contributed by atoms with Crippen LogP contribution >= 0.6 is 37.5 Å². The van der Waals surface area contributed by atoms with Gasteiger partial charge in [0.05, 0.1) is 0 Å². The summed E-state index contributed by atoms with van der Waals surface area (Å²) >= 11 is 13.8. The third-order valence-electron chi connectivity index (χ3n) is 7.22. The van der Waals surface area contributed by atoms with E-state index in [0.29, 0.717) is 12.3 Å². The zero-order valence-corrected chi connectivity index (χ0v) is 20.3. The molecule has 0 amide bonds. The van der Waals surface area contributed by atoms with E-state index in [0.717, 1.165) is 31.8 Å². The van der Waals surface area contributed by atoms with Crippen molar-refractivity contribution >= 4 is 48.1 Å². The molecular formula is C24H24Cl2O2P2. The van der Waals surface area contributed by atoms with Crippen LogP contribution in [0.2, 0.25) is 0 Å². The molecule has 6 atom stereocenters. The predicted octanol–water partition coefficient (Wildman–Crippen LogP) is 6.40. The molecule has 2 unspecified atom stereocenters. The number of rotatable bonds is 2. The number of benzene rings is 2. The summed E-state index contributed by atoms with van der Waals surface area (Å²) in [6.07, 6.45) is 0.943. The third kappa shape index (κ3) is 2.77. The van der Waals surface area contributed by atoms with Crippen LogP contribution in [0.25, 0.3) is 0 Å². The normalized spacial score (nSPS) is 38.0. The lowest BCUT2D eigenvalue weighted by Gasteiger charge is -2.56. The molecule has 0 radical (unpaired) electrons. The van der Waals surface area contributed by atoms with Crippen LogP contribution in [-0.2, 0) is 9.13 Å². The summed E-state index contributed by atoms with van der Waals surface area (Å²) in [6.45, 7) is 3.97. The monoisotopic (exact) mass is 476 g/mol. The van der Waals surface area contributed by atoms with Crippen molar-refractivity contribution < 1.29 is 9.13 Å². The van der Waals surface area contributed by atoms with Gasteiger partial charge in [-0.05, 0) is 19.4 Å². The molecule has 3 aliphatic heterocycles. The molecule has 156 valence electrons. The largest absolute Gasteiger partial charge is 0.318 e. The molecule has 0 N–H and O–H groups in total. The smallest absolute Gasteiger partial charge is 0.123 e. The molecule has 6 rings (SSSR count). The molecule has 4 aliphatic rings. The summed E-state index contributed by atoms with van der Waals surface area (Å²) in [7, 11) is -5.63. The molecule has 0 saturated carbocycles. The molecule has 1 saturated heterocycles. The van der Waals surface area contributed by atoms with Crippen LogP contribution in [0.4, 0.5) is 0 Å². The summed E-state index contributed by atoms with van der Waals surface area (Å²) in [5.41, 5.74) is 1.44. The Morgan fingerprint density at radius 2 is 1.33 bits per heavy atom. The van der Waals surface area contributed by atoms with E-state index in [1.807, 2.05) is 74.5 Å². The zero-order chi connectivity index (χ0) is 21.3. The van der Waals surface area contributed by atoms with Gasteiger partial charge in [0.15, 0.2) is 0 Å². The van der Waals surface area contributed by atoms with Crippen LogP contribution in [0.5, 0.6) is 0 Å². The fraction of sp³-hybridized carbons (Fsp3) is 0.333. The summed E-state index contributed by atoms with van der Waals surface area (Å²) in [5, 5.41) is 3.26. The molecule has 1 fully saturated rings. The number of halogens is 2. The average Bonchev–Trinajstić information content (AvgIpc) is 2.76. The van der Waals surface area contributed by atoms with Gasteiger partial charge < -0.3 is 9.13 Å². The maximum atomic E-state index is 14.7. The van der Waals surface area contributed by atoms with E-state index >= 15 is 0 Å². The summed E-state index contributed by atoms with van der Waals surface area (Å²) in [4.78, 5) is 0. The predicted molar refractivity (Wildman–Crippen MR) is 129 cm³/mol. The lowest BCUT2D eigenvalue weighted by atomic mass is 9.80. The summed E-state index contributed by atoms with van der Waals surface area (Å²) < 4.78 is 29.3. The van der Waals surface area contributed by atoms with E-state index in [2.05, 4.69) is 0 Å². The Balaban J connectivity index is 1.76. The molecule has 0 spiro atoms. The Bertz CT molecular complexity index is 1170. The van der Waals surface area contributed by atoms with Gasteiger partial charge >= 0.3 is 0 Å². The molecule has 0 aromatic heterocycles. The van der Waals surface area contributed by atoms with E-state index < -0.39 is 14.3 Å². The zero-order valence-electron chi connectivity index (χ0n) is 17.0. The highest BCUT2D eigenvalue weighted by molar-refractivity contribution is 7.74. The van der Waals surface area contributed by atoms with Crippen molar-refractivity contribution in [1.82, 2.24) is 0 Å². The standard InChI is InChI=1S/C24H24Cl2O2P2/c1-15-13-29(27,17-9-5-3-6-10-17)24-19-14-30(28,18-11-7-4-8-12-18)23(16(2)22(19)26)20(24)21(15)25/h3-12,19-20,23-24H,13-14H2,1-2H3/t19-,20-,23+,24+,29?,30?/m1/s1. The topological polar surface area (TPSA) is 34.1 Å². The Hall–Kier alpha value is -1.04. The van der Waals surface area contributed by atoms with Crippen molar-refractivity contribution in [2.45, 2.75) is 25.2 Å². The van der Waals surface area contributed by atoms with Crippen molar-refractivity contribution in [2.75, 3.05) is 12.3 Å². The second kappa shape index (κ2) is 7.25. The minimum Gasteiger partial charge on any atom is -0.318 e. The molecule has 2 bridgehead atoms. The van der Waals surface area contributed by atoms with E-state index in [4.69, 9.17) is 23.2 Å². The highest BCUT2D eigenvalue weighted by atomic mass is 35.5. The van der Waals surface area contributed by atoms with Crippen LogP contribution < -0.4 is 10.6 Å². The van der Waals surface area contributed by atoms with Gasteiger partial charge in [-0.3, -0.25) is 0 Å². The second-order valence-electron chi connectivity index (χ2n) is 8.83. The van der Waals surface area contributed by atoms with Crippen LogP contribution in [0.3, 0.4) is 0 Å². The molecule has 30 heavy (non-hydrogen) atoms. The molecule has 6 heteroatoms.